The number of carbonyl (C=O) groups is 2. The summed E-state index contributed by atoms with van der Waals surface area (Å²) in [5.74, 6) is 0.598. The van der Waals surface area contributed by atoms with Crippen LogP contribution in [0.2, 0.25) is 0 Å². The van der Waals surface area contributed by atoms with Crippen molar-refractivity contribution in [1.29, 1.82) is 0 Å². The molecular weight excluding hydrogens is 378 g/mol. The van der Waals surface area contributed by atoms with E-state index < -0.39 is 0 Å². The topological polar surface area (TPSA) is 71.5 Å². The van der Waals surface area contributed by atoms with Crippen molar-refractivity contribution in [3.05, 3.63) is 83.7 Å². The number of benzene rings is 2. The zero-order valence-corrected chi connectivity index (χ0v) is 16.8. The summed E-state index contributed by atoms with van der Waals surface area (Å²) in [6.07, 6.45) is 4.28. The third-order valence-electron chi connectivity index (χ3n) is 5.02. The lowest BCUT2D eigenvalue weighted by molar-refractivity contribution is -0.115. The van der Waals surface area contributed by atoms with Gasteiger partial charge >= 0.3 is 0 Å². The van der Waals surface area contributed by atoms with Gasteiger partial charge in [0.2, 0.25) is 5.91 Å². The number of hydrogen-bond acceptors (Lipinski definition) is 4. The number of amides is 2. The molecule has 1 N–H and O–H groups in total. The van der Waals surface area contributed by atoms with Gasteiger partial charge in [0, 0.05) is 30.3 Å². The van der Waals surface area contributed by atoms with Crippen LogP contribution in [0, 0.1) is 0 Å². The van der Waals surface area contributed by atoms with Crippen LogP contribution in [0.25, 0.3) is 0 Å². The lowest BCUT2D eigenvalue weighted by Crippen LogP contribution is -2.29. The Morgan fingerprint density at radius 2 is 1.97 bits per heavy atom. The van der Waals surface area contributed by atoms with Crippen LogP contribution in [-0.4, -0.2) is 29.9 Å². The first-order chi connectivity index (χ1) is 14.6. The number of fused-ring (bicyclic) bond motifs is 1. The SMILES string of the molecule is CCOc1ccc(CC(=O)Nc2ccc3c(c2)N(C(=O)c2cccnc2)CC3)cc1. The second-order valence-electron chi connectivity index (χ2n) is 7.09. The molecule has 1 aliphatic heterocycles. The average molecular weight is 401 g/mol. The van der Waals surface area contributed by atoms with Crippen LogP contribution in [0.15, 0.2) is 67.0 Å². The molecule has 0 spiro atoms. The van der Waals surface area contributed by atoms with Gasteiger partial charge < -0.3 is 15.0 Å². The number of nitrogens with one attached hydrogen (secondary N) is 1. The molecule has 0 aliphatic carbocycles. The van der Waals surface area contributed by atoms with E-state index in [0.29, 0.717) is 24.4 Å². The molecule has 0 bridgehead atoms. The Kier molecular flexibility index (Phi) is 5.75. The minimum atomic E-state index is -0.109. The Morgan fingerprint density at radius 3 is 2.70 bits per heavy atom. The molecule has 0 unspecified atom stereocenters. The third kappa shape index (κ3) is 4.33. The molecule has 3 aromatic rings. The average Bonchev–Trinajstić information content (AvgIpc) is 3.18. The van der Waals surface area contributed by atoms with Gasteiger partial charge in [0.1, 0.15) is 5.75 Å². The van der Waals surface area contributed by atoms with Gasteiger partial charge in [0.25, 0.3) is 5.91 Å². The minimum absolute atomic E-state index is 0.0836. The lowest BCUT2D eigenvalue weighted by Gasteiger charge is -2.18. The first kappa shape index (κ1) is 19.6. The summed E-state index contributed by atoms with van der Waals surface area (Å²) < 4.78 is 5.43. The maximum Gasteiger partial charge on any atom is 0.259 e. The van der Waals surface area contributed by atoms with Gasteiger partial charge in [-0.15, -0.1) is 0 Å². The number of pyridine rings is 1. The van der Waals surface area contributed by atoms with E-state index in [1.54, 1.807) is 29.4 Å². The predicted molar refractivity (Wildman–Crippen MR) is 116 cm³/mol. The number of aromatic nitrogens is 1. The Balaban J connectivity index is 1.45. The first-order valence-corrected chi connectivity index (χ1v) is 10.0. The fourth-order valence-corrected chi connectivity index (χ4v) is 3.57. The van der Waals surface area contributed by atoms with Crippen molar-refractivity contribution >= 4 is 23.2 Å². The van der Waals surface area contributed by atoms with Gasteiger partial charge in [-0.3, -0.25) is 14.6 Å². The number of hydrogen-bond donors (Lipinski definition) is 1. The molecule has 30 heavy (non-hydrogen) atoms. The molecule has 0 saturated heterocycles. The molecule has 0 saturated carbocycles. The van der Waals surface area contributed by atoms with Crippen molar-refractivity contribution in [2.45, 2.75) is 19.8 Å². The number of nitrogens with zero attached hydrogens (tertiary/aromatic N) is 2. The van der Waals surface area contributed by atoms with Crippen LogP contribution in [0.3, 0.4) is 0 Å². The van der Waals surface area contributed by atoms with Crippen LogP contribution >= 0.6 is 0 Å². The van der Waals surface area contributed by atoms with Gasteiger partial charge in [-0.25, -0.2) is 0 Å². The molecule has 2 heterocycles. The van der Waals surface area contributed by atoms with Crippen LogP contribution in [-0.2, 0) is 17.6 Å². The van der Waals surface area contributed by atoms with E-state index in [-0.39, 0.29) is 18.2 Å². The second kappa shape index (κ2) is 8.78. The Morgan fingerprint density at radius 1 is 1.13 bits per heavy atom. The highest BCUT2D eigenvalue weighted by Gasteiger charge is 2.26. The summed E-state index contributed by atoms with van der Waals surface area (Å²) in [6, 6.07) is 16.7. The molecule has 2 amide bonds. The predicted octanol–water partition coefficient (Wildman–Crippen LogP) is 3.86. The molecule has 4 rings (SSSR count). The normalized spacial score (nSPS) is 12.4. The van der Waals surface area contributed by atoms with Crippen molar-refractivity contribution in [2.75, 3.05) is 23.4 Å². The smallest absolute Gasteiger partial charge is 0.259 e. The van der Waals surface area contributed by atoms with E-state index in [1.165, 1.54) is 0 Å². The van der Waals surface area contributed by atoms with Crippen molar-refractivity contribution in [3.8, 4) is 5.75 Å². The van der Waals surface area contributed by atoms with Crippen molar-refractivity contribution in [1.82, 2.24) is 4.98 Å². The zero-order chi connectivity index (χ0) is 20.9. The summed E-state index contributed by atoms with van der Waals surface area (Å²) in [4.78, 5) is 31.1. The molecule has 0 fully saturated rings. The standard InChI is InChI=1S/C24H23N3O3/c1-2-30-21-9-5-17(6-10-21)14-23(28)26-20-8-7-18-11-13-27(22(18)15-20)24(29)19-4-3-12-25-16-19/h3-10,12,15-16H,2,11,13-14H2,1H3,(H,26,28). The summed E-state index contributed by atoms with van der Waals surface area (Å²) in [7, 11) is 0. The molecule has 6 heteroatoms. The van der Waals surface area contributed by atoms with Crippen LogP contribution < -0.4 is 15.0 Å². The molecule has 152 valence electrons. The quantitative estimate of drug-likeness (QED) is 0.681. The Labute approximate surface area is 175 Å². The fourth-order valence-electron chi connectivity index (χ4n) is 3.57. The molecular formula is C24H23N3O3. The maximum absolute atomic E-state index is 12.8. The molecule has 2 aromatic carbocycles. The summed E-state index contributed by atoms with van der Waals surface area (Å²) in [6.45, 7) is 3.16. The van der Waals surface area contributed by atoms with Gasteiger partial charge in [0.05, 0.1) is 18.6 Å². The van der Waals surface area contributed by atoms with Crippen molar-refractivity contribution in [2.24, 2.45) is 0 Å². The van der Waals surface area contributed by atoms with E-state index >= 15 is 0 Å². The number of ether oxygens (including phenoxy) is 1. The largest absolute Gasteiger partial charge is 0.494 e. The van der Waals surface area contributed by atoms with Crippen molar-refractivity contribution < 1.29 is 14.3 Å². The monoisotopic (exact) mass is 401 g/mol. The zero-order valence-electron chi connectivity index (χ0n) is 16.8. The highest BCUT2D eigenvalue weighted by atomic mass is 16.5. The van der Waals surface area contributed by atoms with Gasteiger partial charge in [-0.05, 0) is 60.9 Å². The number of carbonyl (C=O) groups excluding carboxylic acids is 2. The third-order valence-corrected chi connectivity index (χ3v) is 5.02. The van der Waals surface area contributed by atoms with E-state index in [4.69, 9.17) is 4.74 Å². The summed E-state index contributed by atoms with van der Waals surface area (Å²) in [5.41, 5.74) is 4.07. The fraction of sp³-hybridized carbons (Fsp3) is 0.208. The number of rotatable bonds is 6. The van der Waals surface area contributed by atoms with E-state index in [9.17, 15) is 9.59 Å². The van der Waals surface area contributed by atoms with Gasteiger partial charge in [-0.1, -0.05) is 18.2 Å². The van der Waals surface area contributed by atoms with Crippen LogP contribution in [0.5, 0.6) is 5.75 Å². The molecule has 1 aliphatic rings. The molecule has 0 atom stereocenters. The Hall–Kier alpha value is -3.67. The van der Waals surface area contributed by atoms with Crippen molar-refractivity contribution in [3.63, 3.8) is 0 Å². The summed E-state index contributed by atoms with van der Waals surface area (Å²) >= 11 is 0. The van der Waals surface area contributed by atoms with Crippen LogP contribution in [0.4, 0.5) is 11.4 Å². The molecule has 1 aromatic heterocycles. The highest BCUT2D eigenvalue weighted by Crippen LogP contribution is 2.32. The molecule has 0 radical (unpaired) electrons. The second-order valence-corrected chi connectivity index (χ2v) is 7.09. The van der Waals surface area contributed by atoms with E-state index in [1.807, 2.05) is 49.4 Å². The van der Waals surface area contributed by atoms with Gasteiger partial charge in [-0.2, -0.15) is 0 Å². The minimum Gasteiger partial charge on any atom is -0.494 e. The summed E-state index contributed by atoms with van der Waals surface area (Å²) in [5, 5.41) is 2.94. The van der Waals surface area contributed by atoms with E-state index in [2.05, 4.69) is 10.3 Å². The van der Waals surface area contributed by atoms with E-state index in [0.717, 1.165) is 29.0 Å². The van der Waals surface area contributed by atoms with Crippen LogP contribution in [0.1, 0.15) is 28.4 Å². The van der Waals surface area contributed by atoms with Gasteiger partial charge in [0.15, 0.2) is 0 Å². The number of anilines is 2. The lowest BCUT2D eigenvalue weighted by atomic mass is 10.1. The highest BCUT2D eigenvalue weighted by molar-refractivity contribution is 6.07. The maximum atomic E-state index is 12.8. The Bertz CT molecular complexity index is 1050. The molecule has 6 nitrogen and oxygen atoms in total. The first-order valence-electron chi connectivity index (χ1n) is 10.0.